The quantitative estimate of drug-likeness (QED) is 0.535. The number of urea groups is 2. The van der Waals surface area contributed by atoms with Crippen LogP contribution in [0.25, 0.3) is 0 Å². The summed E-state index contributed by atoms with van der Waals surface area (Å²) in [6.07, 6.45) is 1.42. The molecule has 1 saturated heterocycles. The van der Waals surface area contributed by atoms with Crippen LogP contribution < -0.4 is 16.0 Å². The van der Waals surface area contributed by atoms with Gasteiger partial charge < -0.3 is 10.6 Å². The van der Waals surface area contributed by atoms with Crippen LogP contribution in [-0.2, 0) is 15.1 Å². The lowest BCUT2D eigenvalue weighted by molar-refractivity contribution is -0.134. The lowest BCUT2D eigenvalue weighted by atomic mass is 9.91. The molecule has 25 heavy (non-hydrogen) atoms. The lowest BCUT2D eigenvalue weighted by Gasteiger charge is -2.22. The van der Waals surface area contributed by atoms with E-state index in [1.807, 2.05) is 5.32 Å². The van der Waals surface area contributed by atoms with Crippen molar-refractivity contribution in [3.05, 3.63) is 48.3 Å². The van der Waals surface area contributed by atoms with E-state index in [9.17, 15) is 23.6 Å². The molecular weight excluding hydrogens is 331 g/mol. The van der Waals surface area contributed by atoms with E-state index in [1.165, 1.54) is 37.3 Å². The molecule has 9 heteroatoms. The van der Waals surface area contributed by atoms with Crippen LogP contribution >= 0.6 is 0 Å². The molecule has 8 nitrogen and oxygen atoms in total. The number of hydrogen-bond acceptors (Lipinski definition) is 4. The lowest BCUT2D eigenvalue weighted by Crippen LogP contribution is -2.47. The molecule has 0 saturated carbocycles. The van der Waals surface area contributed by atoms with E-state index >= 15 is 0 Å². The predicted molar refractivity (Wildman–Crippen MR) is 85.7 cm³/mol. The number of imide groups is 2. The maximum absolute atomic E-state index is 14.0. The highest BCUT2D eigenvalue weighted by atomic mass is 19.1. The average Bonchev–Trinajstić information content (AvgIpc) is 2.77. The SMILES string of the molecule is C=CCNC(=O)NC(=O)CN1C(=O)NC(C)(c2ccccc2F)C1=O. The van der Waals surface area contributed by atoms with Crippen LogP contribution in [0.1, 0.15) is 12.5 Å². The van der Waals surface area contributed by atoms with Crippen molar-refractivity contribution in [3.8, 4) is 0 Å². The fourth-order valence-corrected chi connectivity index (χ4v) is 2.41. The highest BCUT2D eigenvalue weighted by Gasteiger charge is 2.50. The third-order valence-corrected chi connectivity index (χ3v) is 3.65. The summed E-state index contributed by atoms with van der Waals surface area (Å²) in [5.41, 5.74) is -1.65. The molecule has 3 N–H and O–H groups in total. The number of halogens is 1. The second kappa shape index (κ2) is 7.12. The predicted octanol–water partition coefficient (Wildman–Crippen LogP) is 0.605. The minimum absolute atomic E-state index is 0.0139. The molecule has 2 rings (SSSR count). The molecule has 1 unspecified atom stereocenters. The summed E-state index contributed by atoms with van der Waals surface area (Å²) in [5.74, 6) is -2.30. The molecule has 1 heterocycles. The number of hydrogen-bond donors (Lipinski definition) is 3. The summed E-state index contributed by atoms with van der Waals surface area (Å²) in [7, 11) is 0. The summed E-state index contributed by atoms with van der Waals surface area (Å²) in [4.78, 5) is 48.5. The number of rotatable bonds is 5. The summed E-state index contributed by atoms with van der Waals surface area (Å²) >= 11 is 0. The van der Waals surface area contributed by atoms with Crippen molar-refractivity contribution in [3.63, 3.8) is 0 Å². The van der Waals surface area contributed by atoms with E-state index in [0.717, 1.165) is 0 Å². The van der Waals surface area contributed by atoms with Crippen molar-refractivity contribution in [1.29, 1.82) is 0 Å². The first-order valence-electron chi connectivity index (χ1n) is 7.37. The molecule has 1 aliphatic heterocycles. The van der Waals surface area contributed by atoms with Gasteiger partial charge in [0.2, 0.25) is 5.91 Å². The Balaban J connectivity index is 2.11. The normalized spacial score (nSPS) is 19.4. The second-order valence-corrected chi connectivity index (χ2v) is 5.47. The van der Waals surface area contributed by atoms with Gasteiger partial charge in [0.05, 0.1) is 0 Å². The highest BCUT2D eigenvalue weighted by Crippen LogP contribution is 2.30. The maximum atomic E-state index is 14.0. The molecule has 1 atom stereocenters. The van der Waals surface area contributed by atoms with E-state index in [2.05, 4.69) is 17.2 Å². The standard InChI is InChI=1S/C16H17FN4O4/c1-3-8-18-14(24)19-12(22)9-21-13(23)16(2,20-15(21)25)10-6-4-5-7-11(10)17/h3-7H,1,8-9H2,2H3,(H,20,25)(H2,18,19,22,24). The Morgan fingerprint density at radius 1 is 1.36 bits per heavy atom. The fraction of sp³-hybridized carbons (Fsp3) is 0.250. The third kappa shape index (κ3) is 3.65. The summed E-state index contributed by atoms with van der Waals surface area (Å²) in [6.45, 7) is 4.23. The zero-order valence-corrected chi connectivity index (χ0v) is 13.5. The smallest absolute Gasteiger partial charge is 0.325 e. The van der Waals surface area contributed by atoms with Crippen molar-refractivity contribution >= 4 is 23.9 Å². The van der Waals surface area contributed by atoms with E-state index < -0.39 is 41.8 Å². The molecule has 132 valence electrons. The van der Waals surface area contributed by atoms with Crippen LogP contribution in [0.3, 0.4) is 0 Å². The summed E-state index contributed by atoms with van der Waals surface area (Å²) < 4.78 is 14.0. The van der Waals surface area contributed by atoms with E-state index in [-0.39, 0.29) is 12.1 Å². The van der Waals surface area contributed by atoms with Gasteiger partial charge in [0.15, 0.2) is 0 Å². The number of benzene rings is 1. The van der Waals surface area contributed by atoms with Crippen molar-refractivity contribution in [2.75, 3.05) is 13.1 Å². The highest BCUT2D eigenvalue weighted by molar-refractivity contribution is 6.10. The Hall–Kier alpha value is -3.23. The number of carbonyl (C=O) groups is 4. The van der Waals surface area contributed by atoms with Gasteiger partial charge in [-0.3, -0.25) is 19.8 Å². The number of nitrogens with one attached hydrogen (secondary N) is 3. The molecule has 1 aromatic rings. The van der Waals surface area contributed by atoms with Crippen molar-refractivity contribution in [2.45, 2.75) is 12.5 Å². The van der Waals surface area contributed by atoms with Crippen LogP contribution in [-0.4, -0.2) is 41.9 Å². The van der Waals surface area contributed by atoms with Crippen LogP contribution in [0.2, 0.25) is 0 Å². The van der Waals surface area contributed by atoms with Crippen LogP contribution in [0.5, 0.6) is 0 Å². The zero-order valence-electron chi connectivity index (χ0n) is 13.5. The third-order valence-electron chi connectivity index (χ3n) is 3.65. The van der Waals surface area contributed by atoms with Crippen LogP contribution in [0.4, 0.5) is 14.0 Å². The van der Waals surface area contributed by atoms with Crippen molar-refractivity contribution in [2.24, 2.45) is 0 Å². The van der Waals surface area contributed by atoms with Gasteiger partial charge in [0, 0.05) is 12.1 Å². The molecular formula is C16H17FN4O4. The molecule has 0 aromatic heterocycles. The first kappa shape index (κ1) is 18.1. The van der Waals surface area contributed by atoms with Gasteiger partial charge in [-0.05, 0) is 13.0 Å². The van der Waals surface area contributed by atoms with Gasteiger partial charge in [-0.15, -0.1) is 6.58 Å². The minimum atomic E-state index is -1.63. The number of nitrogens with zero attached hydrogens (tertiary/aromatic N) is 1. The Labute approximate surface area is 143 Å². The van der Waals surface area contributed by atoms with Gasteiger partial charge in [0.25, 0.3) is 5.91 Å². The topological polar surface area (TPSA) is 108 Å². The Morgan fingerprint density at radius 2 is 2.04 bits per heavy atom. The van der Waals surface area contributed by atoms with Gasteiger partial charge in [0.1, 0.15) is 17.9 Å². The Kier molecular flexibility index (Phi) is 5.16. The zero-order chi connectivity index (χ0) is 18.6. The Morgan fingerprint density at radius 3 is 2.68 bits per heavy atom. The second-order valence-electron chi connectivity index (χ2n) is 5.47. The van der Waals surface area contributed by atoms with Crippen molar-refractivity contribution < 1.29 is 23.6 Å². The molecule has 0 aliphatic carbocycles. The molecule has 1 aliphatic rings. The van der Waals surface area contributed by atoms with Crippen molar-refractivity contribution in [1.82, 2.24) is 20.9 Å². The largest absolute Gasteiger partial charge is 0.334 e. The fourth-order valence-electron chi connectivity index (χ4n) is 2.41. The summed E-state index contributed by atoms with van der Waals surface area (Å²) in [5, 5.41) is 6.68. The molecule has 0 radical (unpaired) electrons. The van der Waals surface area contributed by atoms with Gasteiger partial charge in [-0.1, -0.05) is 24.3 Å². The van der Waals surface area contributed by atoms with Gasteiger partial charge in [-0.2, -0.15) is 0 Å². The first-order chi connectivity index (χ1) is 11.8. The maximum Gasteiger partial charge on any atom is 0.325 e. The van der Waals surface area contributed by atoms with Crippen LogP contribution in [0, 0.1) is 5.82 Å². The molecule has 1 aromatic carbocycles. The van der Waals surface area contributed by atoms with E-state index in [0.29, 0.717) is 4.90 Å². The van der Waals surface area contributed by atoms with Gasteiger partial charge in [-0.25, -0.2) is 14.0 Å². The molecule has 1 fully saturated rings. The minimum Gasteiger partial charge on any atom is -0.334 e. The van der Waals surface area contributed by atoms with Gasteiger partial charge >= 0.3 is 12.1 Å². The number of amides is 6. The van der Waals surface area contributed by atoms with E-state index in [1.54, 1.807) is 0 Å². The number of carbonyl (C=O) groups excluding carboxylic acids is 4. The van der Waals surface area contributed by atoms with Crippen LogP contribution in [0.15, 0.2) is 36.9 Å². The molecule has 0 bridgehead atoms. The average molecular weight is 348 g/mol. The molecule has 0 spiro atoms. The Bertz CT molecular complexity index is 751. The monoisotopic (exact) mass is 348 g/mol. The first-order valence-corrected chi connectivity index (χ1v) is 7.37. The summed E-state index contributed by atoms with van der Waals surface area (Å²) in [6, 6.07) is 3.89. The van der Waals surface area contributed by atoms with E-state index in [4.69, 9.17) is 0 Å². The molecule has 6 amide bonds.